The molecule has 1 aromatic rings. The highest BCUT2D eigenvalue weighted by Gasteiger charge is 2.26. The first-order chi connectivity index (χ1) is 6.77. The van der Waals surface area contributed by atoms with Gasteiger partial charge >= 0.3 is 0 Å². The molecule has 1 aromatic heterocycles. The molecule has 0 amide bonds. The van der Waals surface area contributed by atoms with Gasteiger partial charge in [-0.25, -0.2) is 0 Å². The number of nitrogens with zero attached hydrogens (tertiary/aromatic N) is 2. The van der Waals surface area contributed by atoms with Crippen molar-refractivity contribution in [2.24, 2.45) is 5.92 Å². The van der Waals surface area contributed by atoms with Gasteiger partial charge in [0, 0.05) is 30.4 Å². The lowest BCUT2D eigenvalue weighted by atomic mass is 9.98. The van der Waals surface area contributed by atoms with E-state index in [4.69, 9.17) is 0 Å². The predicted octanol–water partition coefficient (Wildman–Crippen LogP) is 1.22. The predicted molar refractivity (Wildman–Crippen MR) is 54.2 cm³/mol. The Balaban J connectivity index is 2.10. The van der Waals surface area contributed by atoms with Crippen molar-refractivity contribution in [2.75, 3.05) is 20.1 Å². The van der Waals surface area contributed by atoms with Gasteiger partial charge in [0.1, 0.15) is 0 Å². The number of aromatic nitrogens is 1. The SMILES string of the molecule is CN1CC[C@H](C(=O)c2cccnc2)C1. The molecule has 0 radical (unpaired) electrons. The van der Waals surface area contributed by atoms with E-state index in [1.807, 2.05) is 12.1 Å². The fourth-order valence-corrected chi connectivity index (χ4v) is 1.89. The van der Waals surface area contributed by atoms with Crippen LogP contribution in [-0.4, -0.2) is 35.8 Å². The zero-order valence-corrected chi connectivity index (χ0v) is 8.31. The Morgan fingerprint density at radius 2 is 2.50 bits per heavy atom. The number of hydrogen-bond donors (Lipinski definition) is 0. The molecule has 74 valence electrons. The number of carbonyl (C=O) groups is 1. The second-order valence-corrected chi connectivity index (χ2v) is 3.85. The monoisotopic (exact) mass is 190 g/mol. The summed E-state index contributed by atoms with van der Waals surface area (Å²) in [5, 5.41) is 0. The van der Waals surface area contributed by atoms with Gasteiger partial charge in [0.05, 0.1) is 0 Å². The summed E-state index contributed by atoms with van der Waals surface area (Å²) in [5.74, 6) is 0.409. The Labute approximate surface area is 83.8 Å². The zero-order chi connectivity index (χ0) is 9.97. The van der Waals surface area contributed by atoms with Crippen molar-refractivity contribution < 1.29 is 4.79 Å². The van der Waals surface area contributed by atoms with Crippen LogP contribution in [-0.2, 0) is 0 Å². The smallest absolute Gasteiger partial charge is 0.168 e. The molecule has 0 spiro atoms. The van der Waals surface area contributed by atoms with E-state index >= 15 is 0 Å². The van der Waals surface area contributed by atoms with E-state index in [1.54, 1.807) is 12.4 Å². The zero-order valence-electron chi connectivity index (χ0n) is 8.31. The molecule has 0 aromatic carbocycles. The molecule has 14 heavy (non-hydrogen) atoms. The minimum atomic E-state index is 0.171. The summed E-state index contributed by atoms with van der Waals surface area (Å²) in [6, 6.07) is 3.65. The van der Waals surface area contributed by atoms with Gasteiger partial charge in [-0.15, -0.1) is 0 Å². The Kier molecular flexibility index (Phi) is 2.59. The first-order valence-corrected chi connectivity index (χ1v) is 4.90. The maximum absolute atomic E-state index is 11.9. The topological polar surface area (TPSA) is 33.2 Å². The van der Waals surface area contributed by atoms with Gasteiger partial charge < -0.3 is 4.90 Å². The van der Waals surface area contributed by atoms with Crippen molar-refractivity contribution in [1.29, 1.82) is 0 Å². The third-order valence-electron chi connectivity index (χ3n) is 2.71. The summed E-state index contributed by atoms with van der Waals surface area (Å²) < 4.78 is 0. The number of rotatable bonds is 2. The molecule has 1 aliphatic heterocycles. The normalized spacial score (nSPS) is 22.5. The van der Waals surface area contributed by atoms with Crippen molar-refractivity contribution in [3.63, 3.8) is 0 Å². The molecule has 2 rings (SSSR count). The van der Waals surface area contributed by atoms with E-state index in [0.717, 1.165) is 25.1 Å². The number of pyridine rings is 1. The highest BCUT2D eigenvalue weighted by Crippen LogP contribution is 2.18. The summed E-state index contributed by atoms with van der Waals surface area (Å²) >= 11 is 0. The van der Waals surface area contributed by atoms with Crippen LogP contribution >= 0.6 is 0 Å². The fourth-order valence-electron chi connectivity index (χ4n) is 1.89. The van der Waals surface area contributed by atoms with Crippen LogP contribution in [0.3, 0.4) is 0 Å². The largest absolute Gasteiger partial charge is 0.306 e. The van der Waals surface area contributed by atoms with Crippen LogP contribution in [0.25, 0.3) is 0 Å². The molecule has 0 bridgehead atoms. The lowest BCUT2D eigenvalue weighted by molar-refractivity contribution is 0.0924. The second kappa shape index (κ2) is 3.88. The van der Waals surface area contributed by atoms with Crippen LogP contribution in [0.2, 0.25) is 0 Å². The maximum Gasteiger partial charge on any atom is 0.168 e. The lowest BCUT2D eigenvalue weighted by Crippen LogP contribution is -2.19. The molecule has 0 aliphatic carbocycles. The lowest BCUT2D eigenvalue weighted by Gasteiger charge is -2.08. The van der Waals surface area contributed by atoms with Gasteiger partial charge in [-0.05, 0) is 32.1 Å². The van der Waals surface area contributed by atoms with Crippen LogP contribution in [0.1, 0.15) is 16.8 Å². The standard InChI is InChI=1S/C11H14N2O/c1-13-6-4-10(8-13)11(14)9-3-2-5-12-7-9/h2-3,5,7,10H,4,6,8H2,1H3/t10-/m0/s1. The van der Waals surface area contributed by atoms with E-state index < -0.39 is 0 Å². The minimum Gasteiger partial charge on any atom is -0.306 e. The number of Topliss-reactive ketones (excluding diaryl/α,β-unsaturated/α-hetero) is 1. The highest BCUT2D eigenvalue weighted by molar-refractivity contribution is 5.97. The molecule has 2 heterocycles. The van der Waals surface area contributed by atoms with Crippen molar-refractivity contribution >= 4 is 5.78 Å². The summed E-state index contributed by atoms with van der Waals surface area (Å²) in [5.41, 5.74) is 0.743. The van der Waals surface area contributed by atoms with Gasteiger partial charge in [0.25, 0.3) is 0 Å². The van der Waals surface area contributed by atoms with E-state index in [0.29, 0.717) is 0 Å². The first kappa shape index (κ1) is 9.34. The van der Waals surface area contributed by atoms with Crippen LogP contribution < -0.4 is 0 Å². The van der Waals surface area contributed by atoms with E-state index in [9.17, 15) is 4.79 Å². The van der Waals surface area contributed by atoms with Crippen LogP contribution in [0, 0.1) is 5.92 Å². The number of ketones is 1. The highest BCUT2D eigenvalue weighted by atomic mass is 16.1. The van der Waals surface area contributed by atoms with Crippen molar-refractivity contribution in [3.8, 4) is 0 Å². The molecular formula is C11H14N2O. The van der Waals surface area contributed by atoms with Gasteiger partial charge in [0.2, 0.25) is 0 Å². The summed E-state index contributed by atoms with van der Waals surface area (Å²) in [6.45, 7) is 1.91. The number of likely N-dealkylation sites (tertiary alicyclic amines) is 1. The Morgan fingerprint density at radius 3 is 3.07 bits per heavy atom. The number of carbonyl (C=O) groups excluding carboxylic acids is 1. The van der Waals surface area contributed by atoms with Crippen molar-refractivity contribution in [3.05, 3.63) is 30.1 Å². The summed E-state index contributed by atoms with van der Waals surface area (Å²) in [7, 11) is 2.05. The fraction of sp³-hybridized carbons (Fsp3) is 0.455. The first-order valence-electron chi connectivity index (χ1n) is 4.90. The van der Waals surface area contributed by atoms with Crippen molar-refractivity contribution in [2.45, 2.75) is 6.42 Å². The molecule has 1 fully saturated rings. The third kappa shape index (κ3) is 1.82. The summed E-state index contributed by atoms with van der Waals surface area (Å²) in [4.78, 5) is 18.1. The van der Waals surface area contributed by atoms with E-state index in [1.165, 1.54) is 0 Å². The average Bonchev–Trinajstić information content (AvgIpc) is 2.65. The molecule has 1 saturated heterocycles. The maximum atomic E-state index is 11.9. The molecule has 0 saturated carbocycles. The Morgan fingerprint density at radius 1 is 1.64 bits per heavy atom. The minimum absolute atomic E-state index is 0.171. The van der Waals surface area contributed by atoms with Gasteiger partial charge in [-0.1, -0.05) is 0 Å². The molecule has 3 heteroatoms. The number of hydrogen-bond acceptors (Lipinski definition) is 3. The van der Waals surface area contributed by atoms with E-state index in [-0.39, 0.29) is 11.7 Å². The van der Waals surface area contributed by atoms with Crippen LogP contribution in [0.4, 0.5) is 0 Å². The molecule has 0 N–H and O–H groups in total. The molecule has 0 unspecified atom stereocenters. The Hall–Kier alpha value is -1.22. The van der Waals surface area contributed by atoms with Gasteiger partial charge in [-0.2, -0.15) is 0 Å². The van der Waals surface area contributed by atoms with Crippen molar-refractivity contribution in [1.82, 2.24) is 9.88 Å². The second-order valence-electron chi connectivity index (χ2n) is 3.85. The molecule has 3 nitrogen and oxygen atoms in total. The van der Waals surface area contributed by atoms with Crippen LogP contribution in [0.15, 0.2) is 24.5 Å². The molecule has 1 aliphatic rings. The van der Waals surface area contributed by atoms with Crippen LogP contribution in [0.5, 0.6) is 0 Å². The average molecular weight is 190 g/mol. The molecule has 1 atom stereocenters. The Bertz CT molecular complexity index is 323. The van der Waals surface area contributed by atoms with Gasteiger partial charge in [-0.3, -0.25) is 9.78 Å². The van der Waals surface area contributed by atoms with Gasteiger partial charge in [0.15, 0.2) is 5.78 Å². The quantitative estimate of drug-likeness (QED) is 0.657. The third-order valence-corrected chi connectivity index (χ3v) is 2.71. The molecular weight excluding hydrogens is 176 g/mol. The summed E-state index contributed by atoms with van der Waals surface area (Å²) in [6.07, 6.45) is 4.32. The van der Waals surface area contributed by atoms with E-state index in [2.05, 4.69) is 16.9 Å².